The van der Waals surface area contributed by atoms with Crippen LogP contribution in [0, 0.1) is 17.7 Å². The van der Waals surface area contributed by atoms with Crippen molar-refractivity contribution in [3.8, 4) is 0 Å². The number of piperidine rings is 1. The van der Waals surface area contributed by atoms with Gasteiger partial charge in [0.15, 0.2) is 0 Å². The molecule has 1 N–H and O–H groups in total. The van der Waals surface area contributed by atoms with Gasteiger partial charge in [0.05, 0.1) is 5.92 Å². The largest absolute Gasteiger partial charge is 0.342 e. The number of likely N-dealkylation sites (tertiary alicyclic amines) is 1. The van der Waals surface area contributed by atoms with Crippen LogP contribution in [-0.4, -0.2) is 37.0 Å². The third-order valence-corrected chi connectivity index (χ3v) is 4.75. The molecule has 1 aromatic carbocycles. The Balaban J connectivity index is 1.49. The zero-order chi connectivity index (χ0) is 14.7. The van der Waals surface area contributed by atoms with Crippen LogP contribution < -0.4 is 5.32 Å². The number of rotatable bonds is 3. The minimum atomic E-state index is -0.158. The molecule has 3 rings (SSSR count). The van der Waals surface area contributed by atoms with E-state index in [1.807, 2.05) is 11.0 Å². The summed E-state index contributed by atoms with van der Waals surface area (Å²) in [7, 11) is 0. The van der Waals surface area contributed by atoms with Crippen molar-refractivity contribution in [1.82, 2.24) is 10.2 Å². The summed E-state index contributed by atoms with van der Waals surface area (Å²) in [4.78, 5) is 14.4. The fourth-order valence-corrected chi connectivity index (χ4v) is 3.48. The zero-order valence-corrected chi connectivity index (χ0v) is 12.4. The highest BCUT2D eigenvalue weighted by Crippen LogP contribution is 2.24. The Morgan fingerprint density at radius 2 is 2.10 bits per heavy atom. The average Bonchev–Trinajstić information content (AvgIpc) is 3.01. The molecular formula is C17H23FN2O. The van der Waals surface area contributed by atoms with Crippen molar-refractivity contribution in [3.63, 3.8) is 0 Å². The average molecular weight is 290 g/mol. The molecule has 1 atom stereocenters. The van der Waals surface area contributed by atoms with Crippen LogP contribution in [0.2, 0.25) is 0 Å². The predicted molar refractivity (Wildman–Crippen MR) is 80.4 cm³/mol. The Morgan fingerprint density at radius 1 is 1.29 bits per heavy atom. The molecule has 0 bridgehead atoms. The first-order valence-corrected chi connectivity index (χ1v) is 7.96. The molecule has 114 valence electrons. The third-order valence-electron chi connectivity index (χ3n) is 4.75. The summed E-state index contributed by atoms with van der Waals surface area (Å²) < 4.78 is 13.2. The van der Waals surface area contributed by atoms with Crippen LogP contribution in [0.4, 0.5) is 4.39 Å². The van der Waals surface area contributed by atoms with Gasteiger partial charge in [0.2, 0.25) is 5.91 Å². The summed E-state index contributed by atoms with van der Waals surface area (Å²) in [6, 6.07) is 6.88. The summed E-state index contributed by atoms with van der Waals surface area (Å²) in [5, 5.41) is 3.26. The third kappa shape index (κ3) is 3.62. The number of hydrogen-bond acceptors (Lipinski definition) is 2. The molecule has 2 aliphatic rings. The van der Waals surface area contributed by atoms with Gasteiger partial charge in [0.1, 0.15) is 5.82 Å². The molecule has 21 heavy (non-hydrogen) atoms. The van der Waals surface area contributed by atoms with Gasteiger partial charge in [-0.25, -0.2) is 4.39 Å². The van der Waals surface area contributed by atoms with E-state index in [0.717, 1.165) is 57.4 Å². The Bertz CT molecular complexity index is 491. The van der Waals surface area contributed by atoms with Crippen molar-refractivity contribution in [2.75, 3.05) is 26.2 Å². The van der Waals surface area contributed by atoms with E-state index in [9.17, 15) is 9.18 Å². The maximum absolute atomic E-state index is 13.2. The normalized spacial score (nSPS) is 23.5. The standard InChI is InChI=1S/C17H23FN2O/c18-16-3-1-2-14(11-16)10-13-5-8-20(9-6-13)17(21)15-4-7-19-12-15/h1-3,11,13,15,19H,4-10,12H2. The first-order valence-electron chi connectivity index (χ1n) is 7.96. The van der Waals surface area contributed by atoms with Gasteiger partial charge >= 0.3 is 0 Å². The SMILES string of the molecule is O=C(C1CCNC1)N1CCC(Cc2cccc(F)c2)CC1. The lowest BCUT2D eigenvalue weighted by Crippen LogP contribution is -2.42. The van der Waals surface area contributed by atoms with Gasteiger partial charge < -0.3 is 10.2 Å². The van der Waals surface area contributed by atoms with Gasteiger partial charge in [-0.3, -0.25) is 4.79 Å². The van der Waals surface area contributed by atoms with E-state index in [2.05, 4.69) is 5.32 Å². The lowest BCUT2D eigenvalue weighted by Gasteiger charge is -2.33. The number of amides is 1. The van der Waals surface area contributed by atoms with Crippen LogP contribution >= 0.6 is 0 Å². The maximum Gasteiger partial charge on any atom is 0.227 e. The fraction of sp³-hybridized carbons (Fsp3) is 0.588. The highest BCUT2D eigenvalue weighted by molar-refractivity contribution is 5.79. The van der Waals surface area contributed by atoms with Crippen molar-refractivity contribution in [2.24, 2.45) is 11.8 Å². The molecule has 2 saturated heterocycles. The smallest absolute Gasteiger partial charge is 0.227 e. The lowest BCUT2D eigenvalue weighted by molar-refractivity contribution is -0.136. The van der Waals surface area contributed by atoms with Crippen molar-refractivity contribution < 1.29 is 9.18 Å². The monoisotopic (exact) mass is 290 g/mol. The second kappa shape index (κ2) is 6.56. The molecule has 2 aliphatic heterocycles. The van der Waals surface area contributed by atoms with E-state index in [-0.39, 0.29) is 11.7 Å². The van der Waals surface area contributed by atoms with E-state index in [4.69, 9.17) is 0 Å². The Morgan fingerprint density at radius 3 is 2.76 bits per heavy atom. The molecule has 0 aliphatic carbocycles. The first-order chi connectivity index (χ1) is 10.2. The summed E-state index contributed by atoms with van der Waals surface area (Å²) in [6.45, 7) is 3.51. The fourth-order valence-electron chi connectivity index (χ4n) is 3.48. The van der Waals surface area contributed by atoms with Crippen molar-refractivity contribution in [1.29, 1.82) is 0 Å². The summed E-state index contributed by atoms with van der Waals surface area (Å²) in [5.74, 6) is 0.917. The molecule has 4 heteroatoms. The molecule has 1 unspecified atom stereocenters. The maximum atomic E-state index is 13.2. The number of carbonyl (C=O) groups excluding carboxylic acids is 1. The van der Waals surface area contributed by atoms with Crippen LogP contribution in [0.1, 0.15) is 24.8 Å². The highest BCUT2D eigenvalue weighted by Gasteiger charge is 2.29. The van der Waals surface area contributed by atoms with E-state index >= 15 is 0 Å². The van der Waals surface area contributed by atoms with Crippen molar-refractivity contribution in [2.45, 2.75) is 25.7 Å². The summed E-state index contributed by atoms with van der Waals surface area (Å²) >= 11 is 0. The molecule has 3 nitrogen and oxygen atoms in total. The summed E-state index contributed by atoms with van der Waals surface area (Å²) in [5.41, 5.74) is 1.07. The van der Waals surface area contributed by atoms with E-state index in [1.54, 1.807) is 12.1 Å². The van der Waals surface area contributed by atoms with Crippen molar-refractivity contribution >= 4 is 5.91 Å². The number of nitrogens with one attached hydrogen (secondary N) is 1. The van der Waals surface area contributed by atoms with Crippen LogP contribution in [0.25, 0.3) is 0 Å². The Labute approximate surface area is 125 Å². The van der Waals surface area contributed by atoms with Crippen LogP contribution in [0.5, 0.6) is 0 Å². The second-order valence-corrected chi connectivity index (χ2v) is 6.29. The van der Waals surface area contributed by atoms with Gasteiger partial charge in [0.25, 0.3) is 0 Å². The van der Waals surface area contributed by atoms with Gasteiger partial charge in [-0.05, 0) is 55.8 Å². The second-order valence-electron chi connectivity index (χ2n) is 6.29. The molecule has 0 spiro atoms. The molecule has 1 amide bonds. The number of benzene rings is 1. The number of nitrogens with zero attached hydrogens (tertiary/aromatic N) is 1. The molecular weight excluding hydrogens is 267 g/mol. The summed E-state index contributed by atoms with van der Waals surface area (Å²) in [6.07, 6.45) is 3.96. The van der Waals surface area contributed by atoms with Gasteiger partial charge in [-0.1, -0.05) is 12.1 Å². The van der Waals surface area contributed by atoms with Gasteiger partial charge in [-0.15, -0.1) is 0 Å². The van der Waals surface area contributed by atoms with Crippen LogP contribution in [-0.2, 0) is 11.2 Å². The van der Waals surface area contributed by atoms with Gasteiger partial charge in [0, 0.05) is 19.6 Å². The number of carbonyl (C=O) groups is 1. The molecule has 0 aromatic heterocycles. The quantitative estimate of drug-likeness (QED) is 0.926. The van der Waals surface area contributed by atoms with E-state index in [1.165, 1.54) is 6.07 Å². The van der Waals surface area contributed by atoms with Crippen LogP contribution in [0.3, 0.4) is 0 Å². The van der Waals surface area contributed by atoms with Crippen LogP contribution in [0.15, 0.2) is 24.3 Å². The Kier molecular flexibility index (Phi) is 4.54. The zero-order valence-electron chi connectivity index (χ0n) is 12.4. The first kappa shape index (κ1) is 14.5. The molecule has 1 aromatic rings. The Hall–Kier alpha value is -1.42. The molecule has 0 radical (unpaired) electrons. The van der Waals surface area contributed by atoms with E-state index in [0.29, 0.717) is 11.8 Å². The minimum Gasteiger partial charge on any atom is -0.342 e. The minimum absolute atomic E-state index is 0.158. The topological polar surface area (TPSA) is 32.3 Å². The molecule has 2 heterocycles. The number of halogens is 1. The molecule has 0 saturated carbocycles. The van der Waals surface area contributed by atoms with Gasteiger partial charge in [-0.2, -0.15) is 0 Å². The van der Waals surface area contributed by atoms with Crippen molar-refractivity contribution in [3.05, 3.63) is 35.6 Å². The predicted octanol–water partition coefficient (Wildman–Crippen LogP) is 2.22. The molecule has 2 fully saturated rings. The number of hydrogen-bond donors (Lipinski definition) is 1. The highest BCUT2D eigenvalue weighted by atomic mass is 19.1. The lowest BCUT2D eigenvalue weighted by atomic mass is 9.89. The van der Waals surface area contributed by atoms with E-state index < -0.39 is 0 Å².